The van der Waals surface area contributed by atoms with Crippen LogP contribution in [0.15, 0.2) is 23.2 Å². The summed E-state index contributed by atoms with van der Waals surface area (Å²) in [6.45, 7) is 6.95. The van der Waals surface area contributed by atoms with E-state index in [4.69, 9.17) is 0 Å². The Bertz CT molecular complexity index is 584. The second kappa shape index (κ2) is 6.32. The van der Waals surface area contributed by atoms with Gasteiger partial charge in [-0.25, -0.2) is 18.1 Å². The van der Waals surface area contributed by atoms with Gasteiger partial charge >= 0.3 is 0 Å². The molecule has 0 aromatic carbocycles. The van der Waals surface area contributed by atoms with Gasteiger partial charge in [-0.05, 0) is 43.7 Å². The molecule has 1 aliphatic rings. The molecule has 118 valence electrons. The van der Waals surface area contributed by atoms with Gasteiger partial charge in [0.25, 0.3) is 0 Å². The van der Waals surface area contributed by atoms with Gasteiger partial charge in [-0.2, -0.15) is 0 Å². The highest BCUT2D eigenvalue weighted by molar-refractivity contribution is 7.89. The third kappa shape index (κ3) is 4.17. The van der Waals surface area contributed by atoms with Gasteiger partial charge in [0.2, 0.25) is 10.0 Å². The van der Waals surface area contributed by atoms with Crippen molar-refractivity contribution in [2.45, 2.75) is 57.4 Å². The van der Waals surface area contributed by atoms with Crippen LogP contribution in [0, 0.1) is 5.41 Å². The first-order valence-corrected chi connectivity index (χ1v) is 9.03. The Morgan fingerprint density at radius 2 is 2.19 bits per heavy atom. The highest BCUT2D eigenvalue weighted by Crippen LogP contribution is 2.35. The number of hydrogen-bond acceptors (Lipinski definition) is 4. The predicted molar refractivity (Wildman–Crippen MR) is 84.8 cm³/mol. The molecule has 6 heteroatoms. The predicted octanol–water partition coefficient (Wildman–Crippen LogP) is 2.76. The smallest absolute Gasteiger partial charge is 0.244 e. The highest BCUT2D eigenvalue weighted by atomic mass is 32.2. The van der Waals surface area contributed by atoms with Crippen LogP contribution < -0.4 is 10.0 Å². The van der Waals surface area contributed by atoms with E-state index < -0.39 is 10.0 Å². The van der Waals surface area contributed by atoms with Gasteiger partial charge in [0.1, 0.15) is 10.7 Å². The Balaban J connectivity index is 2.19. The fraction of sp³-hybridized carbons (Fsp3) is 0.667. The van der Waals surface area contributed by atoms with Crippen LogP contribution in [0.2, 0.25) is 0 Å². The Hall–Kier alpha value is -1.14. The molecule has 0 amide bonds. The van der Waals surface area contributed by atoms with E-state index in [-0.39, 0.29) is 16.4 Å². The summed E-state index contributed by atoms with van der Waals surface area (Å²) in [5, 5.41) is 3.01. The molecular formula is C15H25N3O2S. The van der Waals surface area contributed by atoms with E-state index in [1.807, 2.05) is 6.92 Å². The van der Waals surface area contributed by atoms with E-state index in [0.717, 1.165) is 25.7 Å². The van der Waals surface area contributed by atoms with Gasteiger partial charge in [0.05, 0.1) is 0 Å². The number of pyridine rings is 1. The minimum absolute atomic E-state index is 0.00781. The molecule has 1 saturated carbocycles. The summed E-state index contributed by atoms with van der Waals surface area (Å²) in [5.74, 6) is 0.419. The van der Waals surface area contributed by atoms with Crippen molar-refractivity contribution in [3.05, 3.63) is 18.3 Å². The highest BCUT2D eigenvalue weighted by Gasteiger charge is 2.31. The summed E-state index contributed by atoms with van der Waals surface area (Å²) in [6.07, 6.45) is 5.59. The molecule has 1 unspecified atom stereocenters. The average molecular weight is 311 g/mol. The first kappa shape index (κ1) is 16.2. The van der Waals surface area contributed by atoms with Crippen LogP contribution >= 0.6 is 0 Å². The van der Waals surface area contributed by atoms with Gasteiger partial charge in [0.15, 0.2) is 0 Å². The minimum atomic E-state index is -3.54. The molecule has 1 fully saturated rings. The van der Waals surface area contributed by atoms with Crippen LogP contribution in [0.25, 0.3) is 0 Å². The maximum Gasteiger partial charge on any atom is 0.244 e. The van der Waals surface area contributed by atoms with Gasteiger partial charge in [0, 0.05) is 18.8 Å². The lowest BCUT2D eigenvalue weighted by atomic mass is 9.75. The lowest BCUT2D eigenvalue weighted by Crippen LogP contribution is -2.40. The summed E-state index contributed by atoms with van der Waals surface area (Å²) in [4.78, 5) is 4.36. The fourth-order valence-electron chi connectivity index (χ4n) is 2.99. The van der Waals surface area contributed by atoms with E-state index in [1.165, 1.54) is 0 Å². The van der Waals surface area contributed by atoms with Crippen molar-refractivity contribution in [2.24, 2.45) is 5.41 Å². The number of rotatable bonds is 5. The molecule has 1 aromatic rings. The summed E-state index contributed by atoms with van der Waals surface area (Å²) in [6, 6.07) is 3.26. The number of anilines is 1. The normalized spacial score (nSPS) is 22.0. The topological polar surface area (TPSA) is 71.1 Å². The lowest BCUT2D eigenvalue weighted by Gasteiger charge is -2.35. The molecule has 5 nitrogen and oxygen atoms in total. The third-order valence-corrected chi connectivity index (χ3v) is 5.48. The van der Waals surface area contributed by atoms with Crippen molar-refractivity contribution >= 4 is 15.8 Å². The van der Waals surface area contributed by atoms with E-state index in [2.05, 4.69) is 28.9 Å². The maximum atomic E-state index is 12.6. The summed E-state index contributed by atoms with van der Waals surface area (Å²) in [7, 11) is -3.54. The second-order valence-electron chi connectivity index (χ2n) is 6.46. The monoisotopic (exact) mass is 311 g/mol. The number of nitrogens with zero attached hydrogens (tertiary/aromatic N) is 1. The molecule has 2 rings (SSSR count). The van der Waals surface area contributed by atoms with Gasteiger partial charge < -0.3 is 5.32 Å². The van der Waals surface area contributed by atoms with Crippen LogP contribution in [0.4, 0.5) is 5.82 Å². The van der Waals surface area contributed by atoms with Crippen LogP contribution in [0.1, 0.15) is 46.5 Å². The van der Waals surface area contributed by atoms with Gasteiger partial charge in [-0.1, -0.05) is 20.3 Å². The third-order valence-electron chi connectivity index (χ3n) is 3.93. The van der Waals surface area contributed by atoms with Crippen molar-refractivity contribution in [1.29, 1.82) is 0 Å². The Morgan fingerprint density at radius 1 is 1.43 bits per heavy atom. The van der Waals surface area contributed by atoms with E-state index in [9.17, 15) is 8.42 Å². The Morgan fingerprint density at radius 3 is 2.86 bits per heavy atom. The zero-order valence-corrected chi connectivity index (χ0v) is 13.8. The molecule has 0 aliphatic heterocycles. The van der Waals surface area contributed by atoms with Crippen molar-refractivity contribution in [3.63, 3.8) is 0 Å². The largest absolute Gasteiger partial charge is 0.369 e. The average Bonchev–Trinajstić information content (AvgIpc) is 2.38. The molecule has 1 atom stereocenters. The van der Waals surface area contributed by atoms with Crippen molar-refractivity contribution < 1.29 is 8.42 Å². The van der Waals surface area contributed by atoms with Crippen LogP contribution in [-0.2, 0) is 10.0 Å². The molecule has 0 spiro atoms. The van der Waals surface area contributed by atoms with Crippen molar-refractivity contribution in [1.82, 2.24) is 9.71 Å². The molecule has 0 bridgehead atoms. The number of nitrogens with one attached hydrogen (secondary N) is 2. The molecule has 1 heterocycles. The zero-order chi connectivity index (χ0) is 15.5. The summed E-state index contributed by atoms with van der Waals surface area (Å²) in [5.41, 5.74) is 0.199. The first-order valence-electron chi connectivity index (χ1n) is 7.55. The van der Waals surface area contributed by atoms with Crippen LogP contribution in [0.3, 0.4) is 0 Å². The summed E-state index contributed by atoms with van der Waals surface area (Å²) < 4.78 is 28.1. The SMILES string of the molecule is CCNc1ncccc1S(=O)(=O)NC1CCCC(C)(C)C1. The Labute approximate surface area is 127 Å². The fourth-order valence-corrected chi connectivity index (χ4v) is 4.39. The summed E-state index contributed by atoms with van der Waals surface area (Å²) >= 11 is 0. The number of hydrogen-bond donors (Lipinski definition) is 2. The minimum Gasteiger partial charge on any atom is -0.369 e. The van der Waals surface area contributed by atoms with Crippen molar-refractivity contribution in [2.75, 3.05) is 11.9 Å². The molecule has 21 heavy (non-hydrogen) atoms. The maximum absolute atomic E-state index is 12.6. The second-order valence-corrected chi connectivity index (χ2v) is 8.14. The van der Waals surface area contributed by atoms with Crippen LogP contribution in [0.5, 0.6) is 0 Å². The molecule has 1 aromatic heterocycles. The zero-order valence-electron chi connectivity index (χ0n) is 13.0. The van der Waals surface area contributed by atoms with E-state index in [0.29, 0.717) is 12.4 Å². The molecule has 2 N–H and O–H groups in total. The first-order chi connectivity index (χ1) is 9.84. The Kier molecular flexibility index (Phi) is 4.88. The van der Waals surface area contributed by atoms with Gasteiger partial charge in [-0.3, -0.25) is 0 Å². The quantitative estimate of drug-likeness (QED) is 0.877. The molecule has 0 radical (unpaired) electrons. The van der Waals surface area contributed by atoms with E-state index >= 15 is 0 Å². The molecule has 0 saturated heterocycles. The van der Waals surface area contributed by atoms with Crippen molar-refractivity contribution in [3.8, 4) is 0 Å². The lowest BCUT2D eigenvalue weighted by molar-refractivity contribution is 0.212. The standard InChI is InChI=1S/C15H25N3O2S/c1-4-16-14-13(8-6-10-17-14)21(19,20)18-12-7-5-9-15(2,3)11-12/h6,8,10,12,18H,4-5,7,9,11H2,1-3H3,(H,16,17). The van der Waals surface area contributed by atoms with E-state index in [1.54, 1.807) is 18.3 Å². The molecule has 1 aliphatic carbocycles. The number of aromatic nitrogens is 1. The van der Waals surface area contributed by atoms with Crippen LogP contribution in [-0.4, -0.2) is 26.0 Å². The van der Waals surface area contributed by atoms with Gasteiger partial charge in [-0.15, -0.1) is 0 Å². The number of sulfonamides is 1. The molecular weight excluding hydrogens is 286 g/mol.